The lowest BCUT2D eigenvalue weighted by molar-refractivity contribution is -0.120. The highest BCUT2D eigenvalue weighted by Crippen LogP contribution is 2.44. The molecule has 0 radical (unpaired) electrons. The molecule has 2 saturated carbocycles. The molecule has 2 aliphatic carbocycles. The van der Waals surface area contributed by atoms with E-state index in [0.717, 1.165) is 18.4 Å². The van der Waals surface area contributed by atoms with Gasteiger partial charge in [0.05, 0.1) is 10.6 Å². The molecule has 30 heavy (non-hydrogen) atoms. The first-order valence-corrected chi connectivity index (χ1v) is 12.2. The molecule has 5 nitrogen and oxygen atoms in total. The van der Waals surface area contributed by atoms with Crippen molar-refractivity contribution in [2.45, 2.75) is 50.5 Å². The van der Waals surface area contributed by atoms with E-state index in [1.807, 2.05) is 6.92 Å². The predicted molar refractivity (Wildman–Crippen MR) is 119 cm³/mol. The quantitative estimate of drug-likeness (QED) is 0.712. The van der Waals surface area contributed by atoms with Crippen LogP contribution in [0.4, 0.5) is 5.69 Å². The highest BCUT2D eigenvalue weighted by Gasteiger charge is 2.40. The van der Waals surface area contributed by atoms with Crippen LogP contribution in [0.15, 0.2) is 47.4 Å². The van der Waals surface area contributed by atoms with E-state index in [-0.39, 0.29) is 23.4 Å². The van der Waals surface area contributed by atoms with Gasteiger partial charge in [-0.05, 0) is 74.8 Å². The van der Waals surface area contributed by atoms with E-state index in [9.17, 15) is 13.2 Å². The number of carbonyl (C=O) groups is 1. The van der Waals surface area contributed by atoms with Crippen LogP contribution in [0.1, 0.15) is 36.8 Å². The lowest BCUT2D eigenvalue weighted by atomic mass is 9.95. The Balaban J connectivity index is 1.64. The van der Waals surface area contributed by atoms with Gasteiger partial charge in [0, 0.05) is 11.1 Å². The molecule has 160 valence electrons. The number of halogens is 1. The van der Waals surface area contributed by atoms with Gasteiger partial charge in [0.25, 0.3) is 10.0 Å². The number of nitrogens with zero attached hydrogens (tertiary/aromatic N) is 1. The zero-order valence-corrected chi connectivity index (χ0v) is 18.8. The first-order valence-electron chi connectivity index (χ1n) is 10.4. The maximum atomic E-state index is 13.5. The summed E-state index contributed by atoms with van der Waals surface area (Å²) in [4.78, 5) is 13.1. The Bertz CT molecular complexity index is 1050. The highest BCUT2D eigenvalue weighted by molar-refractivity contribution is 7.92. The number of fused-ring (bicyclic) bond motifs is 2. The third kappa shape index (κ3) is 4.08. The van der Waals surface area contributed by atoms with Crippen molar-refractivity contribution < 1.29 is 13.2 Å². The number of amides is 1. The first kappa shape index (κ1) is 21.2. The second-order valence-corrected chi connectivity index (χ2v) is 10.8. The highest BCUT2D eigenvalue weighted by atomic mass is 35.5. The third-order valence-electron chi connectivity index (χ3n) is 6.49. The molecule has 0 aliphatic heterocycles. The van der Waals surface area contributed by atoms with E-state index in [4.69, 9.17) is 11.6 Å². The van der Waals surface area contributed by atoms with Crippen LogP contribution in [0.25, 0.3) is 0 Å². The van der Waals surface area contributed by atoms with E-state index in [2.05, 4.69) is 5.32 Å². The summed E-state index contributed by atoms with van der Waals surface area (Å²) in [6.07, 6.45) is 4.56. The van der Waals surface area contributed by atoms with Crippen molar-refractivity contribution in [2.75, 3.05) is 10.8 Å². The molecule has 2 fully saturated rings. The minimum absolute atomic E-state index is 0.153. The SMILES string of the molecule is Cc1ccc(S(=O)(=O)N(CC(=O)N[C@H]2C[C@@H]3CC[C@H]2C3)c2cccc(Cl)c2C)cc1. The van der Waals surface area contributed by atoms with Crippen molar-refractivity contribution in [3.8, 4) is 0 Å². The van der Waals surface area contributed by atoms with Crippen LogP contribution in [-0.2, 0) is 14.8 Å². The third-order valence-corrected chi connectivity index (χ3v) is 8.67. The number of sulfonamides is 1. The molecule has 2 bridgehead atoms. The van der Waals surface area contributed by atoms with Gasteiger partial charge in [0.1, 0.15) is 6.54 Å². The maximum absolute atomic E-state index is 13.5. The number of hydrogen-bond donors (Lipinski definition) is 1. The Labute approximate surface area is 183 Å². The molecule has 3 atom stereocenters. The van der Waals surface area contributed by atoms with E-state index >= 15 is 0 Å². The van der Waals surface area contributed by atoms with E-state index < -0.39 is 10.0 Å². The number of aryl methyl sites for hydroxylation is 1. The normalized spacial score (nSPS) is 22.8. The van der Waals surface area contributed by atoms with Gasteiger partial charge in [-0.3, -0.25) is 9.10 Å². The standard InChI is InChI=1S/C23H27ClN2O3S/c1-15-6-10-19(11-7-15)30(28,29)26(22-5-3-4-20(24)16(22)2)14-23(27)25-21-13-17-8-9-18(21)12-17/h3-7,10-11,17-18,21H,8-9,12-14H2,1-2H3,(H,25,27)/t17-,18+,21+/m1/s1. The van der Waals surface area contributed by atoms with Gasteiger partial charge in [-0.2, -0.15) is 0 Å². The zero-order valence-electron chi connectivity index (χ0n) is 17.3. The first-order chi connectivity index (χ1) is 14.3. The molecule has 0 heterocycles. The van der Waals surface area contributed by atoms with Gasteiger partial charge < -0.3 is 5.32 Å². The van der Waals surface area contributed by atoms with E-state index in [1.165, 1.54) is 17.1 Å². The Kier molecular flexibility index (Phi) is 5.82. The molecule has 1 amide bonds. The second kappa shape index (κ2) is 8.23. The van der Waals surface area contributed by atoms with Crippen molar-refractivity contribution in [1.29, 1.82) is 0 Å². The van der Waals surface area contributed by atoms with Gasteiger partial charge in [0.15, 0.2) is 0 Å². The number of benzene rings is 2. The fourth-order valence-electron chi connectivity index (χ4n) is 4.81. The molecule has 0 spiro atoms. The van der Waals surface area contributed by atoms with Crippen LogP contribution < -0.4 is 9.62 Å². The topological polar surface area (TPSA) is 66.5 Å². The molecule has 0 unspecified atom stereocenters. The monoisotopic (exact) mass is 446 g/mol. The van der Waals surface area contributed by atoms with E-state index in [0.29, 0.717) is 28.1 Å². The summed E-state index contributed by atoms with van der Waals surface area (Å²) in [6, 6.07) is 11.9. The molecule has 4 rings (SSSR count). The molecular weight excluding hydrogens is 420 g/mol. The molecule has 2 aliphatic rings. The summed E-state index contributed by atoms with van der Waals surface area (Å²) in [5.41, 5.74) is 2.02. The Morgan fingerprint density at radius 2 is 1.83 bits per heavy atom. The maximum Gasteiger partial charge on any atom is 0.264 e. The summed E-state index contributed by atoms with van der Waals surface area (Å²) < 4.78 is 28.2. The Morgan fingerprint density at radius 3 is 2.47 bits per heavy atom. The van der Waals surface area contributed by atoms with Gasteiger partial charge in [-0.15, -0.1) is 0 Å². The van der Waals surface area contributed by atoms with Crippen LogP contribution in [0.3, 0.4) is 0 Å². The van der Waals surface area contributed by atoms with Crippen LogP contribution in [0.5, 0.6) is 0 Å². The lowest BCUT2D eigenvalue weighted by Crippen LogP contribution is -2.46. The van der Waals surface area contributed by atoms with Crippen molar-refractivity contribution in [3.63, 3.8) is 0 Å². The molecule has 2 aromatic rings. The molecule has 0 saturated heterocycles. The fourth-order valence-corrected chi connectivity index (χ4v) is 6.46. The fraction of sp³-hybridized carbons (Fsp3) is 0.435. The van der Waals surface area contributed by atoms with E-state index in [1.54, 1.807) is 49.4 Å². The summed E-state index contributed by atoms with van der Waals surface area (Å²) in [5.74, 6) is 0.944. The van der Waals surface area contributed by atoms with Gasteiger partial charge in [0.2, 0.25) is 5.91 Å². The summed E-state index contributed by atoms with van der Waals surface area (Å²) in [7, 11) is -3.94. The minimum Gasteiger partial charge on any atom is -0.352 e. The molecule has 2 aromatic carbocycles. The number of carbonyl (C=O) groups excluding carboxylic acids is 1. The largest absolute Gasteiger partial charge is 0.352 e. The van der Waals surface area contributed by atoms with Crippen LogP contribution >= 0.6 is 11.6 Å². The lowest BCUT2D eigenvalue weighted by Gasteiger charge is -2.28. The smallest absolute Gasteiger partial charge is 0.264 e. The number of hydrogen-bond acceptors (Lipinski definition) is 3. The van der Waals surface area contributed by atoms with Crippen LogP contribution in [0.2, 0.25) is 5.02 Å². The van der Waals surface area contributed by atoms with Crippen LogP contribution in [-0.4, -0.2) is 26.9 Å². The van der Waals surface area contributed by atoms with Crippen molar-refractivity contribution in [1.82, 2.24) is 5.32 Å². The predicted octanol–water partition coefficient (Wildman–Crippen LogP) is 4.46. The van der Waals surface area contributed by atoms with Crippen molar-refractivity contribution in [2.24, 2.45) is 11.8 Å². The van der Waals surface area contributed by atoms with Crippen LogP contribution in [0, 0.1) is 25.7 Å². The van der Waals surface area contributed by atoms with Crippen molar-refractivity contribution >= 4 is 33.2 Å². The molecule has 0 aromatic heterocycles. The van der Waals surface area contributed by atoms with Gasteiger partial charge in [-0.1, -0.05) is 41.8 Å². The number of rotatable bonds is 6. The summed E-state index contributed by atoms with van der Waals surface area (Å²) in [6.45, 7) is 3.40. The number of anilines is 1. The average Bonchev–Trinajstić information content (AvgIpc) is 3.32. The van der Waals surface area contributed by atoms with Crippen molar-refractivity contribution in [3.05, 3.63) is 58.6 Å². The zero-order chi connectivity index (χ0) is 21.5. The summed E-state index contributed by atoms with van der Waals surface area (Å²) in [5, 5.41) is 3.56. The summed E-state index contributed by atoms with van der Waals surface area (Å²) >= 11 is 6.27. The Morgan fingerprint density at radius 1 is 1.10 bits per heavy atom. The minimum atomic E-state index is -3.94. The van der Waals surface area contributed by atoms with Gasteiger partial charge >= 0.3 is 0 Å². The Hall–Kier alpha value is -2.05. The second-order valence-electron chi connectivity index (χ2n) is 8.56. The average molecular weight is 447 g/mol. The number of nitrogens with one attached hydrogen (secondary N) is 1. The molecular formula is C23H27ClN2O3S. The van der Waals surface area contributed by atoms with Gasteiger partial charge in [-0.25, -0.2) is 8.42 Å². The molecule has 7 heteroatoms. The molecule has 1 N–H and O–H groups in total.